The number of ether oxygens (including phenoxy) is 1. The van der Waals surface area contributed by atoms with Crippen molar-refractivity contribution < 1.29 is 4.74 Å². The molecule has 1 atom stereocenters. The first kappa shape index (κ1) is 12.6. The molecule has 2 aromatic rings. The summed E-state index contributed by atoms with van der Waals surface area (Å²) in [5, 5.41) is 0.973. The van der Waals surface area contributed by atoms with Crippen LogP contribution in [0.1, 0.15) is 24.1 Å². The normalized spacial score (nSPS) is 12.7. The molecule has 4 heteroatoms. The Labute approximate surface area is 106 Å². The average Bonchev–Trinajstić information content (AvgIpc) is 2.31. The Kier molecular flexibility index (Phi) is 3.13. The van der Waals surface area contributed by atoms with Gasteiger partial charge in [0.15, 0.2) is 0 Å². The number of pyridine rings is 1. The fourth-order valence-electron chi connectivity index (χ4n) is 2.25. The van der Waals surface area contributed by atoms with Crippen molar-refractivity contribution in [3.8, 4) is 5.75 Å². The fourth-order valence-corrected chi connectivity index (χ4v) is 2.25. The zero-order chi connectivity index (χ0) is 13.4. The number of benzene rings is 1. The van der Waals surface area contributed by atoms with Crippen LogP contribution in [0.5, 0.6) is 5.75 Å². The zero-order valence-corrected chi connectivity index (χ0v) is 11.2. The van der Waals surface area contributed by atoms with Crippen LogP contribution >= 0.6 is 0 Å². The van der Waals surface area contributed by atoms with Gasteiger partial charge in [-0.05, 0) is 37.6 Å². The predicted molar refractivity (Wildman–Crippen MR) is 73.1 cm³/mol. The lowest BCUT2D eigenvalue weighted by Gasteiger charge is -2.14. The summed E-state index contributed by atoms with van der Waals surface area (Å²) < 4.78 is 6.96. The van der Waals surface area contributed by atoms with Crippen molar-refractivity contribution in [3.05, 3.63) is 39.7 Å². The first-order valence-corrected chi connectivity index (χ1v) is 5.89. The van der Waals surface area contributed by atoms with E-state index in [-0.39, 0.29) is 11.6 Å². The van der Waals surface area contributed by atoms with Gasteiger partial charge in [0.05, 0.1) is 12.6 Å². The van der Waals surface area contributed by atoms with E-state index in [1.165, 1.54) is 0 Å². The number of hydrogen-bond acceptors (Lipinski definition) is 3. The van der Waals surface area contributed by atoms with Gasteiger partial charge in [0.25, 0.3) is 5.56 Å². The predicted octanol–water partition coefficient (Wildman–Crippen LogP) is 1.88. The Hall–Kier alpha value is -1.81. The second kappa shape index (κ2) is 4.46. The van der Waals surface area contributed by atoms with Gasteiger partial charge in [0.1, 0.15) is 5.75 Å². The molecule has 0 radical (unpaired) electrons. The minimum Gasteiger partial charge on any atom is -0.495 e. The van der Waals surface area contributed by atoms with Crippen molar-refractivity contribution in [2.45, 2.75) is 19.9 Å². The average molecular weight is 246 g/mol. The Morgan fingerprint density at radius 3 is 2.56 bits per heavy atom. The van der Waals surface area contributed by atoms with E-state index in [2.05, 4.69) is 0 Å². The van der Waals surface area contributed by atoms with E-state index in [4.69, 9.17) is 10.5 Å². The quantitative estimate of drug-likeness (QED) is 0.880. The minimum atomic E-state index is -0.278. The lowest BCUT2D eigenvalue weighted by atomic mass is 10.1. The van der Waals surface area contributed by atoms with Gasteiger partial charge in [-0.3, -0.25) is 4.79 Å². The molecule has 4 nitrogen and oxygen atoms in total. The maximum absolute atomic E-state index is 12.2. The largest absolute Gasteiger partial charge is 0.495 e. The van der Waals surface area contributed by atoms with Crippen LogP contribution < -0.4 is 16.0 Å². The van der Waals surface area contributed by atoms with Crippen molar-refractivity contribution in [1.29, 1.82) is 0 Å². The smallest absolute Gasteiger partial charge is 0.255 e. The van der Waals surface area contributed by atoms with Gasteiger partial charge in [0.2, 0.25) is 0 Å². The summed E-state index contributed by atoms with van der Waals surface area (Å²) in [6.07, 6.45) is 0. The Bertz CT molecular complexity index is 657. The van der Waals surface area contributed by atoms with Gasteiger partial charge in [-0.15, -0.1) is 0 Å². The molecule has 1 heterocycles. The first-order chi connectivity index (χ1) is 8.45. The van der Waals surface area contributed by atoms with Crippen molar-refractivity contribution in [2.24, 2.45) is 12.8 Å². The zero-order valence-electron chi connectivity index (χ0n) is 11.2. The number of nitrogens with two attached hydrogens (primary N) is 1. The van der Waals surface area contributed by atoms with Crippen LogP contribution in [0.15, 0.2) is 23.0 Å². The van der Waals surface area contributed by atoms with E-state index in [1.54, 1.807) is 18.7 Å². The van der Waals surface area contributed by atoms with Gasteiger partial charge in [-0.25, -0.2) is 0 Å². The molecule has 0 aliphatic rings. The van der Waals surface area contributed by atoms with Crippen LogP contribution in [0.2, 0.25) is 0 Å². The highest BCUT2D eigenvalue weighted by Gasteiger charge is 2.13. The molecule has 2 N–H and O–H groups in total. The summed E-state index contributed by atoms with van der Waals surface area (Å²) in [4.78, 5) is 12.2. The van der Waals surface area contributed by atoms with E-state index >= 15 is 0 Å². The van der Waals surface area contributed by atoms with Crippen LogP contribution in [0.4, 0.5) is 0 Å². The number of aryl methyl sites for hydroxylation is 2. The Morgan fingerprint density at radius 1 is 1.33 bits per heavy atom. The van der Waals surface area contributed by atoms with Crippen LogP contribution in [0, 0.1) is 6.92 Å². The molecule has 1 aromatic heterocycles. The molecule has 18 heavy (non-hydrogen) atoms. The topological polar surface area (TPSA) is 57.2 Å². The van der Waals surface area contributed by atoms with Crippen LogP contribution in [-0.2, 0) is 7.05 Å². The number of hydrogen-bond donors (Lipinski definition) is 1. The third-order valence-corrected chi connectivity index (χ3v) is 3.16. The van der Waals surface area contributed by atoms with Gasteiger partial charge in [-0.2, -0.15) is 0 Å². The third-order valence-electron chi connectivity index (χ3n) is 3.16. The summed E-state index contributed by atoms with van der Waals surface area (Å²) >= 11 is 0. The molecule has 0 aliphatic heterocycles. The molecule has 0 saturated carbocycles. The van der Waals surface area contributed by atoms with E-state index < -0.39 is 0 Å². The molecule has 1 aromatic carbocycles. The van der Waals surface area contributed by atoms with Crippen molar-refractivity contribution in [3.63, 3.8) is 0 Å². The SMILES string of the molecule is COc1cc(C)cc2cc(C(C)N)c(=O)n(C)c12. The summed E-state index contributed by atoms with van der Waals surface area (Å²) in [5.74, 6) is 0.709. The van der Waals surface area contributed by atoms with Crippen LogP contribution in [-0.4, -0.2) is 11.7 Å². The van der Waals surface area contributed by atoms with Crippen molar-refractivity contribution >= 4 is 10.9 Å². The molecule has 96 valence electrons. The highest BCUT2D eigenvalue weighted by Crippen LogP contribution is 2.27. The monoisotopic (exact) mass is 246 g/mol. The van der Waals surface area contributed by atoms with E-state index in [0.29, 0.717) is 11.3 Å². The highest BCUT2D eigenvalue weighted by molar-refractivity contribution is 5.86. The highest BCUT2D eigenvalue weighted by atomic mass is 16.5. The number of fused-ring (bicyclic) bond motifs is 1. The van der Waals surface area contributed by atoms with E-state index in [1.807, 2.05) is 32.0 Å². The third kappa shape index (κ3) is 1.88. The molecular weight excluding hydrogens is 228 g/mol. The van der Waals surface area contributed by atoms with Gasteiger partial charge >= 0.3 is 0 Å². The molecule has 0 fully saturated rings. The second-order valence-electron chi connectivity index (χ2n) is 4.66. The second-order valence-corrected chi connectivity index (χ2v) is 4.66. The number of nitrogens with zero attached hydrogens (tertiary/aromatic N) is 1. The first-order valence-electron chi connectivity index (χ1n) is 5.89. The summed E-state index contributed by atoms with van der Waals surface area (Å²) in [7, 11) is 3.35. The Balaban J connectivity index is 2.95. The van der Waals surface area contributed by atoms with Crippen LogP contribution in [0.3, 0.4) is 0 Å². The number of aromatic nitrogens is 1. The van der Waals surface area contributed by atoms with E-state index in [0.717, 1.165) is 16.5 Å². The molecule has 0 saturated heterocycles. The summed E-state index contributed by atoms with van der Waals surface area (Å²) in [6.45, 7) is 3.81. The maximum Gasteiger partial charge on any atom is 0.255 e. The summed E-state index contributed by atoms with van der Waals surface area (Å²) in [6, 6.07) is 5.54. The molecule has 0 bridgehead atoms. The van der Waals surface area contributed by atoms with Gasteiger partial charge in [0, 0.05) is 24.0 Å². The number of rotatable bonds is 2. The molecule has 0 aliphatic carbocycles. The lowest BCUT2D eigenvalue weighted by molar-refractivity contribution is 0.417. The van der Waals surface area contributed by atoms with Crippen molar-refractivity contribution in [1.82, 2.24) is 4.57 Å². The lowest BCUT2D eigenvalue weighted by Crippen LogP contribution is -2.25. The summed E-state index contributed by atoms with van der Waals surface area (Å²) in [5.41, 5.74) is 8.29. The Morgan fingerprint density at radius 2 is 2.00 bits per heavy atom. The molecule has 0 amide bonds. The fraction of sp³-hybridized carbons (Fsp3) is 0.357. The molecule has 1 unspecified atom stereocenters. The molecule has 2 rings (SSSR count). The maximum atomic E-state index is 12.2. The van der Waals surface area contributed by atoms with Crippen molar-refractivity contribution in [2.75, 3.05) is 7.11 Å². The number of methoxy groups -OCH3 is 1. The standard InChI is InChI=1S/C14H18N2O2/c1-8-5-10-7-11(9(2)15)14(17)16(3)13(10)12(6-8)18-4/h5-7,9H,15H2,1-4H3. The minimum absolute atomic E-state index is 0.0698. The van der Waals surface area contributed by atoms with Gasteiger partial charge in [-0.1, -0.05) is 0 Å². The van der Waals surface area contributed by atoms with E-state index in [9.17, 15) is 4.79 Å². The molecular formula is C14H18N2O2. The molecule has 0 spiro atoms. The van der Waals surface area contributed by atoms with Crippen LogP contribution in [0.25, 0.3) is 10.9 Å². The van der Waals surface area contributed by atoms with Gasteiger partial charge < -0.3 is 15.0 Å².